The molecule has 0 amide bonds. The first kappa shape index (κ1) is 11.2. The van der Waals surface area contributed by atoms with Crippen molar-refractivity contribution in [2.45, 2.75) is 13.5 Å². The van der Waals surface area contributed by atoms with E-state index in [0.717, 1.165) is 0 Å². The monoisotopic (exact) mass is 308 g/mol. The fraction of sp³-hybridized carbons (Fsp3) is 0.375. The number of carbonyl (C=O) groups excluding carboxylic acids is 1. The molecule has 0 atom stereocenters. The molecule has 14 heavy (non-hydrogen) atoms. The summed E-state index contributed by atoms with van der Waals surface area (Å²) in [4.78, 5) is 26.5. The molecule has 0 aliphatic rings. The normalized spacial score (nSPS) is 9.93. The van der Waals surface area contributed by atoms with Gasteiger partial charge < -0.3 is 4.74 Å². The fourth-order valence-corrected chi connectivity index (χ4v) is 1.36. The van der Waals surface area contributed by atoms with E-state index < -0.39 is 5.97 Å². The number of hydrogen-bond donors (Lipinski definition) is 0. The van der Waals surface area contributed by atoms with Crippen LogP contribution in [0.15, 0.2) is 11.0 Å². The van der Waals surface area contributed by atoms with E-state index in [-0.39, 0.29) is 12.1 Å². The zero-order valence-corrected chi connectivity index (χ0v) is 9.94. The van der Waals surface area contributed by atoms with Gasteiger partial charge in [-0.25, -0.2) is 4.98 Å². The van der Waals surface area contributed by atoms with E-state index in [9.17, 15) is 9.59 Å². The first-order chi connectivity index (χ1) is 6.56. The maximum absolute atomic E-state index is 11.5. The highest BCUT2D eigenvalue weighted by Crippen LogP contribution is 1.97. The first-order valence-corrected chi connectivity index (χ1v) is 4.93. The van der Waals surface area contributed by atoms with Crippen molar-refractivity contribution in [1.82, 2.24) is 9.55 Å². The number of ether oxygens (including phenoxy) is 1. The Bertz CT molecular complexity index is 414. The minimum atomic E-state index is -0.459. The van der Waals surface area contributed by atoms with Crippen molar-refractivity contribution in [2.75, 3.05) is 7.11 Å². The molecule has 0 aliphatic heterocycles. The number of aromatic nitrogens is 2. The minimum absolute atomic E-state index is 0.0923. The second kappa shape index (κ2) is 4.54. The van der Waals surface area contributed by atoms with Gasteiger partial charge >= 0.3 is 5.97 Å². The third-order valence-electron chi connectivity index (χ3n) is 1.72. The number of halogens is 1. The Kier molecular flexibility index (Phi) is 3.62. The van der Waals surface area contributed by atoms with Crippen molar-refractivity contribution in [3.63, 3.8) is 0 Å². The van der Waals surface area contributed by atoms with Gasteiger partial charge in [0.15, 0.2) is 0 Å². The average Bonchev–Trinajstić information content (AvgIpc) is 2.18. The predicted molar refractivity (Wildman–Crippen MR) is 58.0 cm³/mol. The highest BCUT2D eigenvalue weighted by atomic mass is 127. The Hall–Kier alpha value is -0.920. The smallest absolute Gasteiger partial charge is 0.325 e. The maximum atomic E-state index is 11.5. The molecule has 0 saturated carbocycles. The lowest BCUT2D eigenvalue weighted by Gasteiger charge is -2.07. The van der Waals surface area contributed by atoms with Crippen molar-refractivity contribution in [1.29, 1.82) is 0 Å². The van der Waals surface area contributed by atoms with Crippen molar-refractivity contribution in [3.8, 4) is 0 Å². The molecule has 0 aliphatic carbocycles. The molecular weight excluding hydrogens is 299 g/mol. The summed E-state index contributed by atoms with van der Waals surface area (Å²) >= 11 is 1.88. The summed E-state index contributed by atoms with van der Waals surface area (Å²) in [5.41, 5.74) is -0.219. The van der Waals surface area contributed by atoms with Gasteiger partial charge in [0.05, 0.1) is 10.7 Å². The highest BCUT2D eigenvalue weighted by Gasteiger charge is 2.09. The molecule has 1 heterocycles. The molecule has 0 unspecified atom stereocenters. The first-order valence-electron chi connectivity index (χ1n) is 3.85. The molecule has 5 nitrogen and oxygen atoms in total. The Morgan fingerprint density at radius 3 is 2.93 bits per heavy atom. The second-order valence-electron chi connectivity index (χ2n) is 2.62. The van der Waals surface area contributed by atoms with Crippen LogP contribution in [-0.4, -0.2) is 22.6 Å². The number of carbonyl (C=O) groups is 1. The summed E-state index contributed by atoms with van der Waals surface area (Å²) < 4.78 is 6.24. The van der Waals surface area contributed by atoms with Crippen LogP contribution in [0.2, 0.25) is 0 Å². The largest absolute Gasteiger partial charge is 0.468 e. The molecular formula is C8H9IN2O3. The van der Waals surface area contributed by atoms with Gasteiger partial charge in [0.25, 0.3) is 5.56 Å². The molecule has 1 aromatic rings. The van der Waals surface area contributed by atoms with Crippen LogP contribution in [0.4, 0.5) is 0 Å². The Morgan fingerprint density at radius 1 is 1.71 bits per heavy atom. The van der Waals surface area contributed by atoms with Gasteiger partial charge in [0.2, 0.25) is 0 Å². The summed E-state index contributed by atoms with van der Waals surface area (Å²) in [6.45, 7) is 1.57. The Balaban J connectivity index is 3.13. The quantitative estimate of drug-likeness (QED) is 0.583. The number of rotatable bonds is 2. The van der Waals surface area contributed by atoms with Crippen LogP contribution in [0.1, 0.15) is 5.82 Å². The van der Waals surface area contributed by atoms with Crippen molar-refractivity contribution < 1.29 is 9.53 Å². The van der Waals surface area contributed by atoms with E-state index in [2.05, 4.69) is 9.72 Å². The van der Waals surface area contributed by atoms with Crippen LogP contribution in [-0.2, 0) is 16.1 Å². The molecule has 0 bridgehead atoms. The lowest BCUT2D eigenvalue weighted by atomic mass is 10.5. The van der Waals surface area contributed by atoms with E-state index in [1.807, 2.05) is 22.6 Å². The van der Waals surface area contributed by atoms with Crippen molar-refractivity contribution in [2.24, 2.45) is 0 Å². The molecule has 0 radical (unpaired) electrons. The van der Waals surface area contributed by atoms with Gasteiger partial charge in [-0.15, -0.1) is 0 Å². The zero-order chi connectivity index (χ0) is 10.7. The van der Waals surface area contributed by atoms with Crippen LogP contribution in [0.5, 0.6) is 0 Å². The highest BCUT2D eigenvalue weighted by molar-refractivity contribution is 14.1. The molecule has 1 aromatic heterocycles. The maximum Gasteiger partial charge on any atom is 0.325 e. The molecule has 0 spiro atoms. The summed E-state index contributed by atoms with van der Waals surface area (Å²) in [6, 6.07) is 0. The molecule has 1 rings (SSSR count). The lowest BCUT2D eigenvalue weighted by Crippen LogP contribution is -2.29. The van der Waals surface area contributed by atoms with Gasteiger partial charge in [-0.1, -0.05) is 0 Å². The molecule has 6 heteroatoms. The van der Waals surface area contributed by atoms with Crippen LogP contribution in [0.25, 0.3) is 0 Å². The summed E-state index contributed by atoms with van der Waals surface area (Å²) in [5.74, 6) is 0.0415. The molecule has 0 saturated heterocycles. The lowest BCUT2D eigenvalue weighted by molar-refractivity contribution is -0.141. The van der Waals surface area contributed by atoms with Gasteiger partial charge in [0, 0.05) is 6.20 Å². The zero-order valence-electron chi connectivity index (χ0n) is 7.78. The summed E-state index contributed by atoms with van der Waals surface area (Å²) in [7, 11) is 1.28. The van der Waals surface area contributed by atoms with Crippen LogP contribution in [0, 0.1) is 10.5 Å². The number of methoxy groups -OCH3 is 1. The Morgan fingerprint density at radius 2 is 2.36 bits per heavy atom. The van der Waals surface area contributed by atoms with E-state index in [1.165, 1.54) is 17.9 Å². The molecule has 76 valence electrons. The van der Waals surface area contributed by atoms with E-state index in [0.29, 0.717) is 9.39 Å². The number of hydrogen-bond acceptors (Lipinski definition) is 4. The van der Waals surface area contributed by atoms with E-state index >= 15 is 0 Å². The van der Waals surface area contributed by atoms with Gasteiger partial charge in [0.1, 0.15) is 12.4 Å². The molecule has 0 aromatic carbocycles. The third kappa shape index (κ3) is 2.31. The number of aryl methyl sites for hydroxylation is 1. The van der Waals surface area contributed by atoms with Crippen molar-refractivity contribution in [3.05, 3.63) is 25.9 Å². The third-order valence-corrected chi connectivity index (χ3v) is 2.46. The van der Waals surface area contributed by atoms with Crippen LogP contribution >= 0.6 is 22.6 Å². The number of nitrogens with zero attached hydrogens (tertiary/aromatic N) is 2. The number of esters is 1. The van der Waals surface area contributed by atoms with Crippen LogP contribution < -0.4 is 5.56 Å². The SMILES string of the molecule is COC(=O)Cn1c(C)ncc(I)c1=O. The van der Waals surface area contributed by atoms with E-state index in [1.54, 1.807) is 6.92 Å². The Labute approximate surface area is 94.2 Å². The summed E-state index contributed by atoms with van der Waals surface area (Å²) in [5, 5.41) is 0. The average molecular weight is 308 g/mol. The van der Waals surface area contributed by atoms with E-state index in [4.69, 9.17) is 0 Å². The van der Waals surface area contributed by atoms with Crippen LogP contribution in [0.3, 0.4) is 0 Å². The minimum Gasteiger partial charge on any atom is -0.468 e. The van der Waals surface area contributed by atoms with Gasteiger partial charge in [-0.2, -0.15) is 0 Å². The van der Waals surface area contributed by atoms with Gasteiger partial charge in [-0.3, -0.25) is 14.2 Å². The standard InChI is InChI=1S/C8H9IN2O3/c1-5-10-3-6(9)8(13)11(5)4-7(12)14-2/h3H,4H2,1-2H3. The van der Waals surface area contributed by atoms with Crippen molar-refractivity contribution >= 4 is 28.6 Å². The van der Waals surface area contributed by atoms with Gasteiger partial charge in [-0.05, 0) is 29.5 Å². The summed E-state index contributed by atoms with van der Waals surface area (Å²) in [6.07, 6.45) is 1.48. The topological polar surface area (TPSA) is 61.2 Å². The molecule has 0 fully saturated rings. The fourth-order valence-electron chi connectivity index (χ4n) is 0.931. The molecule has 0 N–H and O–H groups in total. The second-order valence-corrected chi connectivity index (χ2v) is 3.78. The predicted octanol–water partition coefficient (Wildman–Crippen LogP) is 0.329.